The summed E-state index contributed by atoms with van der Waals surface area (Å²) in [5, 5.41) is 5.23. The SMILES string of the molecule is COC(=O)c1c(-c2cccc(OC)c2OCc2cccc(Cl)c2)nn(-c2ccccc2)c1C(=O)OC. The second-order valence-corrected chi connectivity index (χ2v) is 7.99. The van der Waals surface area contributed by atoms with E-state index < -0.39 is 11.9 Å². The molecule has 0 aliphatic rings. The Labute approximate surface area is 212 Å². The van der Waals surface area contributed by atoms with Gasteiger partial charge in [0.15, 0.2) is 17.2 Å². The van der Waals surface area contributed by atoms with E-state index in [4.69, 9.17) is 30.5 Å². The van der Waals surface area contributed by atoms with Crippen LogP contribution in [0.2, 0.25) is 5.02 Å². The molecule has 0 spiro atoms. The number of ether oxygens (including phenoxy) is 4. The summed E-state index contributed by atoms with van der Waals surface area (Å²) in [6.45, 7) is 0.171. The quantitative estimate of drug-likeness (QED) is 0.297. The van der Waals surface area contributed by atoms with Crippen LogP contribution in [0.15, 0.2) is 72.8 Å². The van der Waals surface area contributed by atoms with Crippen molar-refractivity contribution in [3.63, 3.8) is 0 Å². The number of halogens is 1. The number of esters is 2. The Bertz CT molecular complexity index is 1400. The smallest absolute Gasteiger partial charge is 0.357 e. The standard InChI is InChI=1S/C27H23ClN2O6/c1-33-21-14-8-13-20(25(21)36-16-17-9-7-10-18(28)15-17)23-22(26(31)34-2)24(27(32)35-3)30(29-23)19-11-5-4-6-12-19/h4-15H,16H2,1-3H3. The lowest BCUT2D eigenvalue weighted by atomic mass is 10.0. The number of para-hydroxylation sites is 2. The normalized spacial score (nSPS) is 10.6. The molecule has 0 unspecified atom stereocenters. The van der Waals surface area contributed by atoms with Crippen molar-refractivity contribution in [3.8, 4) is 28.4 Å². The minimum absolute atomic E-state index is 0.0611. The van der Waals surface area contributed by atoms with Crippen LogP contribution in [0.3, 0.4) is 0 Å². The van der Waals surface area contributed by atoms with E-state index in [1.165, 1.54) is 26.0 Å². The Hall–Kier alpha value is -4.30. The van der Waals surface area contributed by atoms with Crippen LogP contribution in [0.25, 0.3) is 16.9 Å². The van der Waals surface area contributed by atoms with Crippen LogP contribution in [0.4, 0.5) is 0 Å². The number of methoxy groups -OCH3 is 3. The summed E-state index contributed by atoms with van der Waals surface area (Å²) >= 11 is 6.12. The zero-order chi connectivity index (χ0) is 25.7. The van der Waals surface area contributed by atoms with Crippen LogP contribution in [0.1, 0.15) is 26.4 Å². The highest BCUT2D eigenvalue weighted by atomic mass is 35.5. The minimum Gasteiger partial charge on any atom is -0.493 e. The van der Waals surface area contributed by atoms with Crippen LogP contribution in [-0.4, -0.2) is 43.0 Å². The second-order valence-electron chi connectivity index (χ2n) is 7.56. The molecule has 4 aromatic rings. The maximum absolute atomic E-state index is 13.0. The molecular formula is C27H23ClN2O6. The molecule has 0 saturated heterocycles. The molecule has 1 aromatic heterocycles. The number of nitrogens with zero attached hydrogens (tertiary/aromatic N) is 2. The van der Waals surface area contributed by atoms with Crippen molar-refractivity contribution in [1.82, 2.24) is 9.78 Å². The van der Waals surface area contributed by atoms with Gasteiger partial charge >= 0.3 is 11.9 Å². The molecule has 0 saturated carbocycles. The predicted octanol–water partition coefficient (Wildman–Crippen LogP) is 5.35. The average molecular weight is 507 g/mol. The van der Waals surface area contributed by atoms with Crippen LogP contribution < -0.4 is 9.47 Å². The Balaban J connectivity index is 1.94. The molecule has 3 aromatic carbocycles. The summed E-state index contributed by atoms with van der Waals surface area (Å²) in [4.78, 5) is 25.9. The number of carbonyl (C=O) groups excluding carboxylic acids is 2. The van der Waals surface area contributed by atoms with Crippen molar-refractivity contribution in [3.05, 3.63) is 94.6 Å². The molecule has 8 nitrogen and oxygen atoms in total. The molecule has 0 N–H and O–H groups in total. The Kier molecular flexibility index (Phi) is 7.56. The number of benzene rings is 3. The van der Waals surface area contributed by atoms with Crippen molar-refractivity contribution < 1.29 is 28.5 Å². The van der Waals surface area contributed by atoms with E-state index in [1.54, 1.807) is 54.6 Å². The topological polar surface area (TPSA) is 88.9 Å². The van der Waals surface area contributed by atoms with E-state index in [0.717, 1.165) is 5.56 Å². The lowest BCUT2D eigenvalue weighted by Gasteiger charge is -2.15. The Morgan fingerprint density at radius 1 is 0.889 bits per heavy atom. The summed E-state index contributed by atoms with van der Waals surface area (Å²) in [6, 6.07) is 21.4. The number of carbonyl (C=O) groups is 2. The highest BCUT2D eigenvalue weighted by molar-refractivity contribution is 6.30. The van der Waals surface area contributed by atoms with Gasteiger partial charge in [0, 0.05) is 10.6 Å². The van der Waals surface area contributed by atoms with Crippen LogP contribution >= 0.6 is 11.6 Å². The van der Waals surface area contributed by atoms with Gasteiger partial charge in [-0.05, 0) is 42.0 Å². The highest BCUT2D eigenvalue weighted by Crippen LogP contribution is 2.41. The first-order valence-electron chi connectivity index (χ1n) is 10.9. The first-order valence-corrected chi connectivity index (χ1v) is 11.3. The molecule has 0 amide bonds. The third-order valence-corrected chi connectivity index (χ3v) is 5.62. The summed E-state index contributed by atoms with van der Waals surface area (Å²) in [5.74, 6) is -0.753. The minimum atomic E-state index is -0.754. The molecule has 184 valence electrons. The van der Waals surface area contributed by atoms with Crippen LogP contribution in [0, 0.1) is 0 Å². The van der Waals surface area contributed by atoms with Gasteiger partial charge in [0.2, 0.25) is 0 Å². The van der Waals surface area contributed by atoms with Gasteiger partial charge in [-0.2, -0.15) is 5.10 Å². The summed E-state index contributed by atoms with van der Waals surface area (Å²) < 4.78 is 23.1. The summed E-state index contributed by atoms with van der Waals surface area (Å²) in [7, 11) is 3.97. The number of aromatic nitrogens is 2. The average Bonchev–Trinajstić information content (AvgIpc) is 3.32. The van der Waals surface area contributed by atoms with Crippen molar-refractivity contribution in [1.29, 1.82) is 0 Å². The third kappa shape index (κ3) is 4.89. The van der Waals surface area contributed by atoms with E-state index >= 15 is 0 Å². The van der Waals surface area contributed by atoms with Crippen LogP contribution in [-0.2, 0) is 16.1 Å². The fourth-order valence-electron chi connectivity index (χ4n) is 3.74. The predicted molar refractivity (Wildman–Crippen MR) is 134 cm³/mol. The molecule has 0 bridgehead atoms. The second kappa shape index (κ2) is 11.0. The van der Waals surface area contributed by atoms with Crippen molar-refractivity contribution in [2.75, 3.05) is 21.3 Å². The number of hydrogen-bond donors (Lipinski definition) is 0. The molecule has 9 heteroatoms. The van der Waals surface area contributed by atoms with Crippen LogP contribution in [0.5, 0.6) is 11.5 Å². The fraction of sp³-hybridized carbons (Fsp3) is 0.148. The number of rotatable bonds is 8. The van der Waals surface area contributed by atoms with Gasteiger partial charge in [-0.1, -0.05) is 48.0 Å². The Morgan fingerprint density at radius 3 is 2.28 bits per heavy atom. The third-order valence-electron chi connectivity index (χ3n) is 5.38. The molecule has 4 rings (SSSR count). The first-order chi connectivity index (χ1) is 17.5. The van der Waals surface area contributed by atoms with E-state index in [1.807, 2.05) is 18.2 Å². The molecule has 0 fully saturated rings. The first kappa shape index (κ1) is 24.8. The highest BCUT2D eigenvalue weighted by Gasteiger charge is 2.33. The van der Waals surface area contributed by atoms with E-state index in [0.29, 0.717) is 27.8 Å². The lowest BCUT2D eigenvalue weighted by molar-refractivity contribution is 0.0549. The van der Waals surface area contributed by atoms with Gasteiger partial charge in [-0.25, -0.2) is 14.3 Å². The molecule has 36 heavy (non-hydrogen) atoms. The van der Waals surface area contributed by atoms with Gasteiger partial charge in [-0.15, -0.1) is 0 Å². The summed E-state index contributed by atoms with van der Waals surface area (Å²) in [5.41, 5.74) is 1.85. The largest absolute Gasteiger partial charge is 0.493 e. The van der Waals surface area contributed by atoms with Gasteiger partial charge in [0.1, 0.15) is 17.9 Å². The summed E-state index contributed by atoms with van der Waals surface area (Å²) in [6.07, 6.45) is 0. The van der Waals surface area contributed by atoms with E-state index in [-0.39, 0.29) is 23.6 Å². The maximum atomic E-state index is 13.0. The van der Waals surface area contributed by atoms with E-state index in [9.17, 15) is 9.59 Å². The van der Waals surface area contributed by atoms with Gasteiger partial charge < -0.3 is 18.9 Å². The van der Waals surface area contributed by atoms with E-state index in [2.05, 4.69) is 5.10 Å². The lowest BCUT2D eigenvalue weighted by Crippen LogP contribution is -2.15. The van der Waals surface area contributed by atoms with Crippen molar-refractivity contribution >= 4 is 23.5 Å². The molecule has 0 aliphatic heterocycles. The van der Waals surface area contributed by atoms with Gasteiger partial charge in [-0.3, -0.25) is 0 Å². The molecule has 0 aliphatic carbocycles. The molecule has 1 heterocycles. The Morgan fingerprint density at radius 2 is 1.61 bits per heavy atom. The zero-order valence-corrected chi connectivity index (χ0v) is 20.6. The molecule has 0 atom stereocenters. The molecule has 0 radical (unpaired) electrons. The number of hydrogen-bond acceptors (Lipinski definition) is 7. The van der Waals surface area contributed by atoms with Gasteiger partial charge in [0.05, 0.1) is 27.0 Å². The van der Waals surface area contributed by atoms with Crippen molar-refractivity contribution in [2.45, 2.75) is 6.61 Å². The maximum Gasteiger partial charge on any atom is 0.357 e. The fourth-order valence-corrected chi connectivity index (χ4v) is 3.95. The van der Waals surface area contributed by atoms with Crippen molar-refractivity contribution in [2.24, 2.45) is 0 Å². The zero-order valence-electron chi connectivity index (χ0n) is 19.9. The van der Waals surface area contributed by atoms with Gasteiger partial charge in [0.25, 0.3) is 0 Å². The monoisotopic (exact) mass is 506 g/mol. The molecular weight excluding hydrogens is 484 g/mol.